The highest BCUT2D eigenvalue weighted by Gasteiger charge is 2.30. The molecule has 1 heterocycles. The van der Waals surface area contributed by atoms with Crippen molar-refractivity contribution in [2.24, 2.45) is 5.73 Å². The maximum Gasteiger partial charge on any atom is 0.256 e. The van der Waals surface area contributed by atoms with E-state index in [1.165, 1.54) is 20.2 Å². The topological polar surface area (TPSA) is 48.1 Å². The normalized spacial score (nSPS) is 15.1. The van der Waals surface area contributed by atoms with Gasteiger partial charge >= 0.3 is 0 Å². The molecule has 0 aliphatic rings. The van der Waals surface area contributed by atoms with Crippen molar-refractivity contribution in [1.82, 2.24) is 4.98 Å². The van der Waals surface area contributed by atoms with Crippen LogP contribution in [0.15, 0.2) is 18.3 Å². The first-order chi connectivity index (χ1) is 6.95. The molecule has 0 saturated heterocycles. The van der Waals surface area contributed by atoms with Gasteiger partial charge in [0.2, 0.25) is 0 Å². The second-order valence-corrected chi connectivity index (χ2v) is 3.67. The zero-order valence-electron chi connectivity index (χ0n) is 8.71. The molecule has 0 spiro atoms. The summed E-state index contributed by atoms with van der Waals surface area (Å²) in [5.41, 5.74) is 4.43. The molecule has 0 radical (unpaired) electrons. The van der Waals surface area contributed by atoms with Crippen molar-refractivity contribution < 1.29 is 13.5 Å². The van der Waals surface area contributed by atoms with Crippen molar-refractivity contribution in [3.63, 3.8) is 0 Å². The van der Waals surface area contributed by atoms with Crippen LogP contribution in [0, 0.1) is 0 Å². The molecule has 1 rings (SSSR count). The summed E-state index contributed by atoms with van der Waals surface area (Å²) in [5.74, 6) is 0.592. The predicted octanol–water partition coefficient (Wildman–Crippen LogP) is 1.62. The van der Waals surface area contributed by atoms with Crippen molar-refractivity contribution in [2.75, 3.05) is 7.11 Å². The molecule has 1 aromatic heterocycles. The first-order valence-corrected chi connectivity index (χ1v) is 4.51. The van der Waals surface area contributed by atoms with E-state index < -0.39 is 12.0 Å². The first kappa shape index (κ1) is 11.8. The molecule has 0 amide bonds. The monoisotopic (exact) mass is 216 g/mol. The number of alkyl halides is 2. The number of nitrogens with zero attached hydrogens (tertiary/aromatic N) is 1. The molecule has 1 aromatic rings. The molecule has 0 saturated carbocycles. The third-order valence-electron chi connectivity index (χ3n) is 2.09. The number of aromatic nitrogens is 1. The minimum atomic E-state index is -2.57. The van der Waals surface area contributed by atoms with Gasteiger partial charge in [0.1, 0.15) is 5.75 Å². The summed E-state index contributed by atoms with van der Waals surface area (Å²) in [7, 11) is 1.52. The van der Waals surface area contributed by atoms with Crippen LogP contribution >= 0.6 is 0 Å². The second kappa shape index (κ2) is 4.53. The SMILES string of the molecule is COc1ccc(CC(C)(N)C(F)F)nc1. The minimum Gasteiger partial charge on any atom is -0.495 e. The quantitative estimate of drug-likeness (QED) is 0.831. The minimum absolute atomic E-state index is 0.0364. The summed E-state index contributed by atoms with van der Waals surface area (Å²) in [6.45, 7) is 1.31. The van der Waals surface area contributed by atoms with Gasteiger partial charge in [0.15, 0.2) is 0 Å². The van der Waals surface area contributed by atoms with Crippen LogP contribution in [0.1, 0.15) is 12.6 Å². The summed E-state index contributed by atoms with van der Waals surface area (Å²) in [6, 6.07) is 3.30. The molecule has 2 N–H and O–H groups in total. The van der Waals surface area contributed by atoms with Crippen molar-refractivity contribution >= 4 is 0 Å². The van der Waals surface area contributed by atoms with Gasteiger partial charge in [-0.1, -0.05) is 0 Å². The summed E-state index contributed by atoms with van der Waals surface area (Å²) < 4.78 is 29.8. The molecule has 84 valence electrons. The van der Waals surface area contributed by atoms with Crippen molar-refractivity contribution in [2.45, 2.75) is 25.3 Å². The predicted molar refractivity (Wildman–Crippen MR) is 53.1 cm³/mol. The molecule has 0 fully saturated rings. The number of halogens is 2. The fourth-order valence-electron chi connectivity index (χ4n) is 1.10. The molecule has 0 aromatic carbocycles. The maximum absolute atomic E-state index is 12.5. The standard InChI is InChI=1S/C10H14F2N2O/c1-10(13,9(11)12)5-7-3-4-8(15-2)6-14-7/h3-4,6,9H,5,13H2,1-2H3. The molecule has 15 heavy (non-hydrogen) atoms. The maximum atomic E-state index is 12.5. The molecule has 0 aliphatic heterocycles. The van der Waals surface area contributed by atoms with Crippen LogP contribution in [0.25, 0.3) is 0 Å². The van der Waals surface area contributed by atoms with E-state index in [1.54, 1.807) is 12.1 Å². The third-order valence-corrected chi connectivity index (χ3v) is 2.09. The van der Waals surface area contributed by atoms with Crippen LogP contribution in [-0.4, -0.2) is 24.1 Å². The summed E-state index contributed by atoms with van der Waals surface area (Å²) in [6.07, 6.45) is -1.05. The first-order valence-electron chi connectivity index (χ1n) is 4.51. The number of rotatable bonds is 4. The van der Waals surface area contributed by atoms with Gasteiger partial charge in [0.05, 0.1) is 18.8 Å². The van der Waals surface area contributed by atoms with E-state index in [0.717, 1.165) is 0 Å². The van der Waals surface area contributed by atoms with E-state index in [1.807, 2.05) is 0 Å². The van der Waals surface area contributed by atoms with E-state index in [-0.39, 0.29) is 6.42 Å². The Kier molecular flexibility index (Phi) is 3.57. The van der Waals surface area contributed by atoms with Gasteiger partial charge in [-0.15, -0.1) is 0 Å². The van der Waals surface area contributed by atoms with Gasteiger partial charge in [-0.3, -0.25) is 4.98 Å². The largest absolute Gasteiger partial charge is 0.495 e. The van der Waals surface area contributed by atoms with E-state index >= 15 is 0 Å². The Labute approximate surface area is 87.3 Å². The zero-order chi connectivity index (χ0) is 11.5. The number of pyridine rings is 1. The van der Waals surface area contributed by atoms with Crippen LogP contribution < -0.4 is 10.5 Å². The number of ether oxygens (including phenoxy) is 1. The van der Waals surface area contributed by atoms with Gasteiger partial charge in [-0.05, 0) is 19.1 Å². The van der Waals surface area contributed by atoms with E-state index in [0.29, 0.717) is 11.4 Å². The fourth-order valence-corrected chi connectivity index (χ4v) is 1.10. The van der Waals surface area contributed by atoms with Crippen LogP contribution in [0.3, 0.4) is 0 Å². The van der Waals surface area contributed by atoms with Gasteiger partial charge in [0, 0.05) is 12.1 Å². The zero-order valence-corrected chi connectivity index (χ0v) is 8.71. The second-order valence-electron chi connectivity index (χ2n) is 3.67. The smallest absolute Gasteiger partial charge is 0.256 e. The number of nitrogens with two attached hydrogens (primary N) is 1. The number of hydrogen-bond acceptors (Lipinski definition) is 3. The lowest BCUT2D eigenvalue weighted by Crippen LogP contribution is -2.46. The molecule has 0 aliphatic carbocycles. The Morgan fingerprint density at radius 2 is 2.20 bits per heavy atom. The van der Waals surface area contributed by atoms with Crippen molar-refractivity contribution in [3.8, 4) is 5.75 Å². The molecule has 0 bridgehead atoms. The lowest BCUT2D eigenvalue weighted by atomic mass is 9.97. The highest BCUT2D eigenvalue weighted by Crippen LogP contribution is 2.18. The van der Waals surface area contributed by atoms with Crippen LogP contribution in [0.2, 0.25) is 0 Å². The van der Waals surface area contributed by atoms with Crippen LogP contribution in [0.5, 0.6) is 5.75 Å². The molecular weight excluding hydrogens is 202 g/mol. The van der Waals surface area contributed by atoms with Crippen LogP contribution in [-0.2, 0) is 6.42 Å². The average molecular weight is 216 g/mol. The summed E-state index contributed by atoms with van der Waals surface area (Å²) >= 11 is 0. The molecule has 5 heteroatoms. The van der Waals surface area contributed by atoms with Crippen molar-refractivity contribution in [3.05, 3.63) is 24.0 Å². The molecular formula is C10H14F2N2O. The van der Waals surface area contributed by atoms with Crippen molar-refractivity contribution in [1.29, 1.82) is 0 Å². The van der Waals surface area contributed by atoms with Gasteiger partial charge in [0.25, 0.3) is 6.43 Å². The fraction of sp³-hybridized carbons (Fsp3) is 0.500. The summed E-state index contributed by atoms with van der Waals surface area (Å²) in [4.78, 5) is 3.98. The number of hydrogen-bond donors (Lipinski definition) is 1. The Bertz CT molecular complexity index is 312. The van der Waals surface area contributed by atoms with Crippen LogP contribution in [0.4, 0.5) is 8.78 Å². The molecule has 1 unspecified atom stereocenters. The Hall–Kier alpha value is -1.23. The van der Waals surface area contributed by atoms with Gasteiger partial charge in [-0.2, -0.15) is 0 Å². The lowest BCUT2D eigenvalue weighted by molar-refractivity contribution is 0.0634. The Balaban J connectivity index is 2.73. The highest BCUT2D eigenvalue weighted by molar-refractivity contribution is 5.20. The third kappa shape index (κ3) is 3.13. The average Bonchev–Trinajstić information content (AvgIpc) is 2.18. The van der Waals surface area contributed by atoms with E-state index in [2.05, 4.69) is 4.98 Å². The highest BCUT2D eigenvalue weighted by atomic mass is 19.3. The van der Waals surface area contributed by atoms with Gasteiger partial charge < -0.3 is 10.5 Å². The van der Waals surface area contributed by atoms with Gasteiger partial charge in [-0.25, -0.2) is 8.78 Å². The Morgan fingerprint density at radius 1 is 1.53 bits per heavy atom. The Morgan fingerprint density at radius 3 is 2.60 bits per heavy atom. The van der Waals surface area contributed by atoms with E-state index in [9.17, 15) is 8.78 Å². The summed E-state index contributed by atoms with van der Waals surface area (Å²) in [5, 5.41) is 0. The molecule has 3 nitrogen and oxygen atoms in total. The lowest BCUT2D eigenvalue weighted by Gasteiger charge is -2.22. The van der Waals surface area contributed by atoms with E-state index in [4.69, 9.17) is 10.5 Å². The molecule has 1 atom stereocenters. The number of methoxy groups -OCH3 is 1.